The molecule has 0 aliphatic carbocycles. The summed E-state index contributed by atoms with van der Waals surface area (Å²) in [6, 6.07) is 7.56. The normalized spacial score (nSPS) is 10.5. The highest BCUT2D eigenvalue weighted by atomic mass is 19.1. The van der Waals surface area contributed by atoms with Crippen LogP contribution in [0.3, 0.4) is 0 Å². The van der Waals surface area contributed by atoms with E-state index in [9.17, 15) is 9.50 Å². The number of aromatic nitrogens is 2. The van der Waals surface area contributed by atoms with Crippen LogP contribution in [-0.2, 0) is 6.54 Å². The first-order valence-electron chi connectivity index (χ1n) is 6.29. The van der Waals surface area contributed by atoms with Gasteiger partial charge in [-0.05, 0) is 18.2 Å². The van der Waals surface area contributed by atoms with Crippen molar-refractivity contribution in [1.29, 1.82) is 0 Å². The maximum atomic E-state index is 12.9. The summed E-state index contributed by atoms with van der Waals surface area (Å²) >= 11 is 0. The Morgan fingerprint density at radius 1 is 1.24 bits per heavy atom. The third-order valence-electron chi connectivity index (χ3n) is 3.01. The van der Waals surface area contributed by atoms with E-state index in [0.29, 0.717) is 23.6 Å². The van der Waals surface area contributed by atoms with Gasteiger partial charge in [0.15, 0.2) is 6.39 Å². The maximum Gasteiger partial charge on any atom is 0.181 e. The predicted octanol–water partition coefficient (Wildman–Crippen LogP) is 3.19. The molecule has 2 heterocycles. The fourth-order valence-electron chi connectivity index (χ4n) is 1.96. The Bertz CT molecular complexity index is 744. The zero-order valence-electron chi connectivity index (χ0n) is 11.0. The van der Waals surface area contributed by atoms with Crippen LogP contribution in [0.4, 0.5) is 10.2 Å². The van der Waals surface area contributed by atoms with Gasteiger partial charge in [0.1, 0.15) is 29.3 Å². The SMILES string of the molecule is Oc1cc(F)ccc1CNc1ncccc1-c1cocn1. The first-order chi connectivity index (χ1) is 10.2. The lowest BCUT2D eigenvalue weighted by Crippen LogP contribution is -2.03. The number of rotatable bonds is 4. The molecule has 1 aromatic carbocycles. The molecule has 0 atom stereocenters. The summed E-state index contributed by atoms with van der Waals surface area (Å²) in [7, 11) is 0. The zero-order chi connectivity index (χ0) is 14.7. The quantitative estimate of drug-likeness (QED) is 0.770. The van der Waals surface area contributed by atoms with Crippen molar-refractivity contribution in [2.75, 3.05) is 5.32 Å². The number of halogens is 1. The highest BCUT2D eigenvalue weighted by molar-refractivity contribution is 5.71. The molecule has 21 heavy (non-hydrogen) atoms. The van der Waals surface area contributed by atoms with E-state index in [1.807, 2.05) is 6.07 Å². The van der Waals surface area contributed by atoms with Crippen LogP contribution in [0.5, 0.6) is 5.75 Å². The van der Waals surface area contributed by atoms with Gasteiger partial charge >= 0.3 is 0 Å². The monoisotopic (exact) mass is 285 g/mol. The van der Waals surface area contributed by atoms with Crippen molar-refractivity contribution in [2.24, 2.45) is 0 Å². The third kappa shape index (κ3) is 2.84. The van der Waals surface area contributed by atoms with Crippen LogP contribution in [-0.4, -0.2) is 15.1 Å². The van der Waals surface area contributed by atoms with Gasteiger partial charge in [-0.1, -0.05) is 6.07 Å². The molecule has 0 saturated heterocycles. The third-order valence-corrected chi connectivity index (χ3v) is 3.01. The molecule has 2 N–H and O–H groups in total. The molecule has 3 aromatic rings. The molecular formula is C15H12FN3O2. The van der Waals surface area contributed by atoms with Gasteiger partial charge in [0.05, 0.1) is 0 Å². The molecule has 0 amide bonds. The van der Waals surface area contributed by atoms with Crippen LogP contribution in [0.25, 0.3) is 11.3 Å². The lowest BCUT2D eigenvalue weighted by molar-refractivity contribution is 0.463. The summed E-state index contributed by atoms with van der Waals surface area (Å²) in [6.07, 6.45) is 4.52. The topological polar surface area (TPSA) is 71.2 Å². The van der Waals surface area contributed by atoms with Gasteiger partial charge in [0.2, 0.25) is 0 Å². The van der Waals surface area contributed by atoms with Gasteiger partial charge in [-0.3, -0.25) is 0 Å². The molecule has 0 spiro atoms. The van der Waals surface area contributed by atoms with E-state index in [4.69, 9.17) is 4.42 Å². The molecule has 106 valence electrons. The van der Waals surface area contributed by atoms with E-state index in [1.165, 1.54) is 24.8 Å². The number of oxazole rings is 1. The van der Waals surface area contributed by atoms with Crippen LogP contribution in [0.15, 0.2) is 53.6 Å². The maximum absolute atomic E-state index is 12.9. The van der Waals surface area contributed by atoms with Gasteiger partial charge < -0.3 is 14.8 Å². The molecule has 6 heteroatoms. The zero-order valence-corrected chi connectivity index (χ0v) is 11.0. The van der Waals surface area contributed by atoms with Gasteiger partial charge in [-0.2, -0.15) is 0 Å². The molecule has 0 radical (unpaired) electrons. The minimum absolute atomic E-state index is 0.0959. The molecule has 0 unspecified atom stereocenters. The molecule has 0 fully saturated rings. The predicted molar refractivity (Wildman–Crippen MR) is 75.1 cm³/mol. The summed E-state index contributed by atoms with van der Waals surface area (Å²) in [4.78, 5) is 8.33. The van der Waals surface area contributed by atoms with E-state index in [1.54, 1.807) is 12.3 Å². The van der Waals surface area contributed by atoms with Crippen molar-refractivity contribution >= 4 is 5.82 Å². The highest BCUT2D eigenvalue weighted by Gasteiger charge is 2.09. The van der Waals surface area contributed by atoms with Crippen molar-refractivity contribution in [3.63, 3.8) is 0 Å². The lowest BCUT2D eigenvalue weighted by atomic mass is 10.1. The minimum Gasteiger partial charge on any atom is -0.507 e. The minimum atomic E-state index is -0.475. The fraction of sp³-hybridized carbons (Fsp3) is 0.0667. The number of nitrogens with one attached hydrogen (secondary N) is 1. The van der Waals surface area contributed by atoms with Crippen LogP contribution < -0.4 is 5.32 Å². The molecular weight excluding hydrogens is 273 g/mol. The van der Waals surface area contributed by atoms with Gasteiger partial charge in [-0.25, -0.2) is 14.4 Å². The summed E-state index contributed by atoms with van der Waals surface area (Å²) in [5.74, 6) is 0.0360. The molecule has 2 aromatic heterocycles. The van der Waals surface area contributed by atoms with E-state index in [-0.39, 0.29) is 5.75 Å². The van der Waals surface area contributed by atoms with E-state index in [0.717, 1.165) is 11.6 Å². The molecule has 0 aliphatic heterocycles. The number of nitrogens with zero attached hydrogens (tertiary/aromatic N) is 2. The summed E-state index contributed by atoms with van der Waals surface area (Å²) in [5, 5.41) is 12.8. The summed E-state index contributed by atoms with van der Waals surface area (Å²) < 4.78 is 17.9. The summed E-state index contributed by atoms with van der Waals surface area (Å²) in [6.45, 7) is 0.313. The number of aromatic hydroxyl groups is 1. The van der Waals surface area contributed by atoms with Gasteiger partial charge in [-0.15, -0.1) is 0 Å². The number of hydrogen-bond donors (Lipinski definition) is 2. The second-order valence-corrected chi connectivity index (χ2v) is 4.40. The van der Waals surface area contributed by atoms with Gasteiger partial charge in [0, 0.05) is 29.9 Å². The summed E-state index contributed by atoms with van der Waals surface area (Å²) in [5.41, 5.74) is 2.02. The van der Waals surface area contributed by atoms with Crippen molar-refractivity contribution in [2.45, 2.75) is 6.54 Å². The number of phenolic OH excluding ortho intramolecular Hbond substituents is 1. The molecule has 0 aliphatic rings. The standard InChI is InChI=1S/C15H12FN3O2/c16-11-4-3-10(14(20)6-11)7-18-15-12(2-1-5-17-15)13-8-21-9-19-13/h1-6,8-9,20H,7H2,(H,17,18). The van der Waals surface area contributed by atoms with Gasteiger partial charge in [0.25, 0.3) is 0 Å². The lowest BCUT2D eigenvalue weighted by Gasteiger charge is -2.10. The van der Waals surface area contributed by atoms with Crippen LogP contribution >= 0.6 is 0 Å². The van der Waals surface area contributed by atoms with E-state index in [2.05, 4.69) is 15.3 Å². The second-order valence-electron chi connectivity index (χ2n) is 4.40. The fourth-order valence-corrected chi connectivity index (χ4v) is 1.96. The number of hydrogen-bond acceptors (Lipinski definition) is 5. The second kappa shape index (κ2) is 5.62. The Balaban J connectivity index is 1.83. The van der Waals surface area contributed by atoms with Crippen molar-refractivity contribution in [3.05, 3.63) is 60.6 Å². The Hall–Kier alpha value is -2.89. The Morgan fingerprint density at radius 3 is 2.90 bits per heavy atom. The largest absolute Gasteiger partial charge is 0.507 e. The Labute approximate surface area is 120 Å². The van der Waals surface area contributed by atoms with Crippen LogP contribution in [0.1, 0.15) is 5.56 Å². The average molecular weight is 285 g/mol. The Morgan fingerprint density at radius 2 is 2.14 bits per heavy atom. The number of anilines is 1. The molecule has 0 bridgehead atoms. The number of pyridine rings is 1. The van der Waals surface area contributed by atoms with Crippen LogP contribution in [0, 0.1) is 5.82 Å². The first kappa shape index (κ1) is 13.1. The number of benzene rings is 1. The Kier molecular flexibility index (Phi) is 3.51. The average Bonchev–Trinajstić information content (AvgIpc) is 3.01. The molecule has 0 saturated carbocycles. The van der Waals surface area contributed by atoms with Crippen molar-refractivity contribution in [3.8, 4) is 17.0 Å². The first-order valence-corrected chi connectivity index (χ1v) is 6.29. The molecule has 3 rings (SSSR count). The van der Waals surface area contributed by atoms with Crippen LogP contribution in [0.2, 0.25) is 0 Å². The van der Waals surface area contributed by atoms with Crippen molar-refractivity contribution in [1.82, 2.24) is 9.97 Å². The molecule has 5 nitrogen and oxygen atoms in total. The van der Waals surface area contributed by atoms with Crippen molar-refractivity contribution < 1.29 is 13.9 Å². The number of phenols is 1. The van der Waals surface area contributed by atoms with E-state index >= 15 is 0 Å². The van der Waals surface area contributed by atoms with E-state index < -0.39 is 5.82 Å². The highest BCUT2D eigenvalue weighted by Crippen LogP contribution is 2.25. The smallest absolute Gasteiger partial charge is 0.181 e.